The molecule has 2 N–H and O–H groups in total. The molecule has 23 heavy (non-hydrogen) atoms. The number of fused-ring (bicyclic) bond motifs is 2. The molecule has 114 valence electrons. The third kappa shape index (κ3) is 1.88. The molecule has 0 aliphatic rings. The van der Waals surface area contributed by atoms with Gasteiger partial charge in [0.15, 0.2) is 0 Å². The van der Waals surface area contributed by atoms with Crippen LogP contribution in [-0.4, -0.2) is 15.0 Å². The van der Waals surface area contributed by atoms with Crippen LogP contribution in [0.1, 0.15) is 16.1 Å². The summed E-state index contributed by atoms with van der Waals surface area (Å²) in [6.45, 7) is 1.93. The molecule has 4 nitrogen and oxygen atoms in total. The van der Waals surface area contributed by atoms with Crippen LogP contribution >= 0.6 is 0 Å². The lowest BCUT2D eigenvalue weighted by Crippen LogP contribution is -2.15. The van der Waals surface area contributed by atoms with E-state index in [2.05, 4.69) is 0 Å². The topological polar surface area (TPSA) is 52.9 Å². The van der Waals surface area contributed by atoms with E-state index in [-0.39, 0.29) is 5.91 Å². The van der Waals surface area contributed by atoms with Crippen LogP contribution in [0.4, 0.5) is 5.69 Å². The van der Waals surface area contributed by atoms with Gasteiger partial charge in [-0.1, -0.05) is 24.3 Å². The molecule has 4 aromatic rings. The zero-order valence-corrected chi connectivity index (χ0v) is 13.1. The number of anilines is 1. The molecule has 4 heteroatoms. The highest BCUT2D eigenvalue weighted by molar-refractivity contribution is 6.11. The molecule has 0 unspecified atom stereocenters. The van der Waals surface area contributed by atoms with E-state index >= 15 is 0 Å². The number of carbonyl (C=O) groups is 1. The summed E-state index contributed by atoms with van der Waals surface area (Å²) in [4.78, 5) is 13.3. The van der Waals surface area contributed by atoms with Crippen LogP contribution in [0, 0.1) is 6.92 Å². The highest BCUT2D eigenvalue weighted by Crippen LogP contribution is 2.28. The summed E-state index contributed by atoms with van der Waals surface area (Å²) in [5.74, 6) is -0.0530. The SMILES string of the molecule is Cc1cc2cccc(N)c2n1C(=O)c1cccc2ccn(C)c12. The van der Waals surface area contributed by atoms with Crippen molar-refractivity contribution in [1.29, 1.82) is 0 Å². The van der Waals surface area contributed by atoms with Gasteiger partial charge in [0.2, 0.25) is 0 Å². The Morgan fingerprint density at radius 1 is 1.00 bits per heavy atom. The number of hydrogen-bond acceptors (Lipinski definition) is 2. The molecule has 2 heterocycles. The molecule has 0 radical (unpaired) electrons. The summed E-state index contributed by atoms with van der Waals surface area (Å²) in [5.41, 5.74) is 10.0. The van der Waals surface area contributed by atoms with Crippen LogP contribution in [0.2, 0.25) is 0 Å². The van der Waals surface area contributed by atoms with Gasteiger partial charge in [0, 0.05) is 29.7 Å². The van der Waals surface area contributed by atoms with Crippen molar-refractivity contribution < 1.29 is 4.79 Å². The lowest BCUT2D eigenvalue weighted by Gasteiger charge is -2.11. The third-order valence-electron chi connectivity index (χ3n) is 4.37. The molecule has 0 spiro atoms. The lowest BCUT2D eigenvalue weighted by atomic mass is 10.1. The van der Waals surface area contributed by atoms with Gasteiger partial charge < -0.3 is 10.3 Å². The Morgan fingerprint density at radius 3 is 2.57 bits per heavy atom. The van der Waals surface area contributed by atoms with Gasteiger partial charge in [-0.2, -0.15) is 0 Å². The number of nitrogens with zero attached hydrogens (tertiary/aromatic N) is 2. The first kappa shape index (κ1) is 13.6. The van der Waals surface area contributed by atoms with E-state index in [9.17, 15) is 4.79 Å². The second kappa shape index (κ2) is 4.74. The second-order valence-corrected chi connectivity index (χ2v) is 5.88. The van der Waals surface area contributed by atoms with Crippen LogP contribution in [0.25, 0.3) is 21.8 Å². The molecule has 0 fully saturated rings. The fourth-order valence-corrected chi connectivity index (χ4v) is 3.33. The predicted molar refractivity (Wildman–Crippen MR) is 93.7 cm³/mol. The number of aromatic nitrogens is 2. The fraction of sp³-hybridized carbons (Fsp3) is 0.105. The molecule has 2 aromatic carbocycles. The van der Waals surface area contributed by atoms with Crippen LogP contribution in [0.3, 0.4) is 0 Å². The summed E-state index contributed by atoms with van der Waals surface area (Å²) in [7, 11) is 1.95. The predicted octanol–water partition coefficient (Wildman–Crippen LogP) is 3.71. The first-order valence-corrected chi connectivity index (χ1v) is 7.53. The largest absolute Gasteiger partial charge is 0.397 e. The van der Waals surface area contributed by atoms with Crippen molar-refractivity contribution in [3.63, 3.8) is 0 Å². The van der Waals surface area contributed by atoms with Gasteiger partial charge in [-0.15, -0.1) is 0 Å². The van der Waals surface area contributed by atoms with Gasteiger partial charge in [-0.25, -0.2) is 0 Å². The number of para-hydroxylation sites is 2. The minimum atomic E-state index is -0.0530. The Bertz CT molecular complexity index is 1070. The standard InChI is InChI=1S/C19H17N3O/c1-12-11-14-6-4-8-16(20)18(14)22(12)19(23)15-7-3-5-13-9-10-21(2)17(13)15/h3-11H,20H2,1-2H3. The van der Waals surface area contributed by atoms with Crippen molar-refractivity contribution in [2.24, 2.45) is 7.05 Å². The highest BCUT2D eigenvalue weighted by atomic mass is 16.2. The van der Waals surface area contributed by atoms with Crippen molar-refractivity contribution in [2.75, 3.05) is 5.73 Å². The Hall–Kier alpha value is -3.01. The van der Waals surface area contributed by atoms with Crippen molar-refractivity contribution in [3.8, 4) is 0 Å². The second-order valence-electron chi connectivity index (χ2n) is 5.88. The molecular formula is C19H17N3O. The minimum absolute atomic E-state index is 0.0530. The Morgan fingerprint density at radius 2 is 1.74 bits per heavy atom. The maximum Gasteiger partial charge on any atom is 0.264 e. The molecule has 0 bridgehead atoms. The van der Waals surface area contributed by atoms with Crippen LogP contribution < -0.4 is 5.73 Å². The molecule has 0 aliphatic heterocycles. The summed E-state index contributed by atoms with van der Waals surface area (Å²) >= 11 is 0. The van der Waals surface area contributed by atoms with Crippen LogP contribution in [-0.2, 0) is 7.05 Å². The van der Waals surface area contributed by atoms with Crippen molar-refractivity contribution in [2.45, 2.75) is 6.92 Å². The summed E-state index contributed by atoms with van der Waals surface area (Å²) in [5, 5.41) is 2.04. The van der Waals surface area contributed by atoms with Crippen molar-refractivity contribution >= 4 is 33.4 Å². The van der Waals surface area contributed by atoms with Gasteiger partial charge >= 0.3 is 0 Å². The Labute approximate surface area is 133 Å². The number of hydrogen-bond donors (Lipinski definition) is 1. The van der Waals surface area contributed by atoms with Gasteiger partial charge in [0.25, 0.3) is 5.91 Å². The number of nitrogens with two attached hydrogens (primary N) is 1. The van der Waals surface area contributed by atoms with E-state index in [1.165, 1.54) is 0 Å². The van der Waals surface area contributed by atoms with Crippen molar-refractivity contribution in [1.82, 2.24) is 9.13 Å². The molecule has 4 rings (SSSR count). The molecule has 0 amide bonds. The smallest absolute Gasteiger partial charge is 0.264 e. The van der Waals surface area contributed by atoms with E-state index < -0.39 is 0 Å². The first-order chi connectivity index (χ1) is 11.1. The third-order valence-corrected chi connectivity index (χ3v) is 4.37. The van der Waals surface area contributed by atoms with Gasteiger partial charge in [0.05, 0.1) is 22.3 Å². The molecular weight excluding hydrogens is 286 g/mol. The Kier molecular flexibility index (Phi) is 2.81. The quantitative estimate of drug-likeness (QED) is 0.545. The van der Waals surface area contributed by atoms with Gasteiger partial charge in [-0.05, 0) is 31.2 Å². The Balaban J connectivity index is 2.03. The molecule has 0 atom stereocenters. The lowest BCUT2D eigenvalue weighted by molar-refractivity contribution is 0.0964. The first-order valence-electron chi connectivity index (χ1n) is 7.53. The number of benzene rings is 2. The fourth-order valence-electron chi connectivity index (χ4n) is 3.33. The average Bonchev–Trinajstić information content (AvgIpc) is 3.07. The van der Waals surface area contributed by atoms with Gasteiger partial charge in [0.1, 0.15) is 0 Å². The number of aryl methyl sites for hydroxylation is 2. The van der Waals surface area contributed by atoms with E-state index in [1.54, 1.807) is 4.57 Å². The molecule has 0 aliphatic carbocycles. The summed E-state index contributed by atoms with van der Waals surface area (Å²) in [6.07, 6.45) is 1.97. The molecule has 0 saturated carbocycles. The average molecular weight is 303 g/mol. The highest BCUT2D eigenvalue weighted by Gasteiger charge is 2.19. The summed E-state index contributed by atoms with van der Waals surface area (Å²) in [6, 6.07) is 15.5. The molecule has 0 saturated heterocycles. The van der Waals surface area contributed by atoms with Crippen LogP contribution in [0.15, 0.2) is 54.7 Å². The summed E-state index contributed by atoms with van der Waals surface area (Å²) < 4.78 is 3.69. The minimum Gasteiger partial charge on any atom is -0.397 e. The number of carbonyl (C=O) groups excluding carboxylic acids is 1. The van der Waals surface area contributed by atoms with E-state index in [0.29, 0.717) is 11.3 Å². The van der Waals surface area contributed by atoms with Gasteiger partial charge in [-0.3, -0.25) is 9.36 Å². The van der Waals surface area contributed by atoms with E-state index in [0.717, 1.165) is 27.5 Å². The monoisotopic (exact) mass is 303 g/mol. The number of rotatable bonds is 1. The van der Waals surface area contributed by atoms with Crippen LogP contribution in [0.5, 0.6) is 0 Å². The number of nitrogen functional groups attached to an aromatic ring is 1. The normalized spacial score (nSPS) is 11.4. The van der Waals surface area contributed by atoms with E-state index in [1.807, 2.05) is 73.3 Å². The van der Waals surface area contributed by atoms with Crippen molar-refractivity contribution in [3.05, 3.63) is 66.0 Å². The maximum atomic E-state index is 13.3. The van der Waals surface area contributed by atoms with E-state index in [4.69, 9.17) is 5.73 Å². The maximum absolute atomic E-state index is 13.3. The zero-order valence-electron chi connectivity index (χ0n) is 13.1. The zero-order chi connectivity index (χ0) is 16.1. The molecule has 2 aromatic heterocycles.